The Morgan fingerprint density at radius 2 is 1.82 bits per heavy atom. The SMILES string of the molecule is CCn1c(SCC(=O)Nc2ccc(N3CCCCCC3)cc2)nnc1C1CC1. The highest BCUT2D eigenvalue weighted by Crippen LogP contribution is 2.40. The third-order valence-electron chi connectivity index (χ3n) is 5.46. The quantitative estimate of drug-likeness (QED) is 0.704. The smallest absolute Gasteiger partial charge is 0.234 e. The van der Waals surface area contributed by atoms with E-state index in [1.807, 2.05) is 12.1 Å². The molecular formula is C21H29N5OS. The number of carbonyl (C=O) groups excluding carboxylic acids is 1. The summed E-state index contributed by atoms with van der Waals surface area (Å²) < 4.78 is 2.14. The van der Waals surface area contributed by atoms with Gasteiger partial charge in [0.1, 0.15) is 5.82 Å². The number of hydrogen-bond acceptors (Lipinski definition) is 5. The number of nitrogens with zero attached hydrogens (tertiary/aromatic N) is 4. The lowest BCUT2D eigenvalue weighted by Gasteiger charge is -2.22. The van der Waals surface area contributed by atoms with Crippen LogP contribution in [0, 0.1) is 0 Å². The summed E-state index contributed by atoms with van der Waals surface area (Å²) in [6.45, 7) is 5.21. The second-order valence-electron chi connectivity index (χ2n) is 7.64. The summed E-state index contributed by atoms with van der Waals surface area (Å²) in [5, 5.41) is 12.5. The summed E-state index contributed by atoms with van der Waals surface area (Å²) in [7, 11) is 0. The van der Waals surface area contributed by atoms with Gasteiger partial charge in [-0.05, 0) is 56.9 Å². The second kappa shape index (κ2) is 8.99. The van der Waals surface area contributed by atoms with E-state index in [1.165, 1.54) is 56.0 Å². The van der Waals surface area contributed by atoms with E-state index >= 15 is 0 Å². The van der Waals surface area contributed by atoms with Gasteiger partial charge in [-0.15, -0.1) is 10.2 Å². The molecule has 0 unspecified atom stereocenters. The van der Waals surface area contributed by atoms with Crippen molar-refractivity contribution in [2.24, 2.45) is 0 Å². The van der Waals surface area contributed by atoms with Gasteiger partial charge in [-0.2, -0.15) is 0 Å². The number of aromatic nitrogens is 3. The zero-order valence-corrected chi connectivity index (χ0v) is 17.4. The van der Waals surface area contributed by atoms with Crippen LogP contribution in [0.4, 0.5) is 11.4 Å². The Labute approximate surface area is 171 Å². The van der Waals surface area contributed by atoms with Gasteiger partial charge in [-0.1, -0.05) is 24.6 Å². The molecule has 2 aromatic rings. The van der Waals surface area contributed by atoms with Crippen molar-refractivity contribution in [1.29, 1.82) is 0 Å². The molecule has 1 saturated heterocycles. The standard InChI is InChI=1S/C21H29N5OS/c1-2-26-20(16-7-8-16)23-24-21(26)28-15-19(27)22-17-9-11-18(12-10-17)25-13-5-3-4-6-14-25/h9-12,16H,2-8,13-15H2,1H3,(H,22,27). The first kappa shape index (κ1) is 19.3. The molecule has 150 valence electrons. The van der Waals surface area contributed by atoms with Crippen LogP contribution in [0.2, 0.25) is 0 Å². The molecule has 1 amide bonds. The van der Waals surface area contributed by atoms with E-state index in [-0.39, 0.29) is 5.91 Å². The van der Waals surface area contributed by atoms with Gasteiger partial charge in [-0.25, -0.2) is 0 Å². The number of amides is 1. The highest BCUT2D eigenvalue weighted by molar-refractivity contribution is 7.99. The number of rotatable bonds is 7. The van der Waals surface area contributed by atoms with Crippen LogP contribution in [0.5, 0.6) is 0 Å². The van der Waals surface area contributed by atoms with Gasteiger partial charge in [-0.3, -0.25) is 4.79 Å². The molecule has 0 bridgehead atoms. The number of thioether (sulfide) groups is 1. The van der Waals surface area contributed by atoms with Crippen molar-refractivity contribution in [3.05, 3.63) is 30.1 Å². The topological polar surface area (TPSA) is 63.1 Å². The van der Waals surface area contributed by atoms with Crippen LogP contribution in [0.1, 0.15) is 57.2 Å². The average Bonchev–Trinajstić information content (AvgIpc) is 3.51. The van der Waals surface area contributed by atoms with Gasteiger partial charge in [0, 0.05) is 36.9 Å². The Hall–Kier alpha value is -2.02. The van der Waals surface area contributed by atoms with E-state index in [1.54, 1.807) is 0 Å². The fourth-order valence-electron chi connectivity index (χ4n) is 3.76. The largest absolute Gasteiger partial charge is 0.372 e. The molecule has 2 fully saturated rings. The minimum atomic E-state index is -0.00820. The molecule has 28 heavy (non-hydrogen) atoms. The molecule has 4 rings (SSSR count). The van der Waals surface area contributed by atoms with Crippen molar-refractivity contribution >= 4 is 29.0 Å². The van der Waals surface area contributed by atoms with Crippen LogP contribution in [-0.2, 0) is 11.3 Å². The summed E-state index contributed by atoms with van der Waals surface area (Å²) in [6, 6.07) is 8.23. The molecule has 2 aliphatic rings. The van der Waals surface area contributed by atoms with Crippen molar-refractivity contribution in [3.63, 3.8) is 0 Å². The normalized spacial score (nSPS) is 17.4. The van der Waals surface area contributed by atoms with Crippen LogP contribution in [0.3, 0.4) is 0 Å². The second-order valence-corrected chi connectivity index (χ2v) is 8.59. The molecule has 1 aromatic heterocycles. The Kier molecular flexibility index (Phi) is 6.20. The summed E-state index contributed by atoms with van der Waals surface area (Å²) >= 11 is 1.46. The molecule has 6 nitrogen and oxygen atoms in total. The van der Waals surface area contributed by atoms with Crippen molar-refractivity contribution in [2.75, 3.05) is 29.1 Å². The average molecular weight is 400 g/mol. The van der Waals surface area contributed by atoms with E-state index in [0.717, 1.165) is 36.3 Å². The van der Waals surface area contributed by atoms with Crippen molar-refractivity contribution in [2.45, 2.75) is 63.1 Å². The predicted octanol–water partition coefficient (Wildman–Crippen LogP) is 4.29. The summed E-state index contributed by atoms with van der Waals surface area (Å²) in [5.74, 6) is 1.98. The first-order chi connectivity index (χ1) is 13.7. The minimum Gasteiger partial charge on any atom is -0.372 e. The van der Waals surface area contributed by atoms with Crippen LogP contribution in [0.25, 0.3) is 0 Å². The van der Waals surface area contributed by atoms with Gasteiger partial charge in [0.25, 0.3) is 0 Å². The number of hydrogen-bond donors (Lipinski definition) is 1. The monoisotopic (exact) mass is 399 g/mol. The lowest BCUT2D eigenvalue weighted by Crippen LogP contribution is -2.23. The fourth-order valence-corrected chi connectivity index (χ4v) is 4.57. The maximum absolute atomic E-state index is 12.4. The molecule has 1 saturated carbocycles. The predicted molar refractivity (Wildman–Crippen MR) is 114 cm³/mol. The minimum absolute atomic E-state index is 0.00820. The fraction of sp³-hybridized carbons (Fsp3) is 0.571. The summed E-state index contributed by atoms with van der Waals surface area (Å²) in [4.78, 5) is 14.8. The van der Waals surface area contributed by atoms with Crippen molar-refractivity contribution in [1.82, 2.24) is 14.8 Å². The lowest BCUT2D eigenvalue weighted by molar-refractivity contribution is -0.113. The Morgan fingerprint density at radius 3 is 2.46 bits per heavy atom. The number of benzene rings is 1. The number of carbonyl (C=O) groups is 1. The van der Waals surface area contributed by atoms with Crippen LogP contribution < -0.4 is 10.2 Å². The van der Waals surface area contributed by atoms with Gasteiger partial charge < -0.3 is 14.8 Å². The van der Waals surface area contributed by atoms with E-state index in [2.05, 4.69) is 44.0 Å². The summed E-state index contributed by atoms with van der Waals surface area (Å²) in [6.07, 6.45) is 7.60. The van der Waals surface area contributed by atoms with Gasteiger partial charge in [0.05, 0.1) is 5.75 Å². The molecule has 7 heteroatoms. The number of nitrogens with one attached hydrogen (secondary N) is 1. The first-order valence-electron chi connectivity index (χ1n) is 10.5. The van der Waals surface area contributed by atoms with Crippen LogP contribution >= 0.6 is 11.8 Å². The van der Waals surface area contributed by atoms with Gasteiger partial charge in [0.15, 0.2) is 5.16 Å². The zero-order chi connectivity index (χ0) is 19.3. The maximum atomic E-state index is 12.4. The molecule has 1 aliphatic heterocycles. The highest BCUT2D eigenvalue weighted by atomic mass is 32.2. The summed E-state index contributed by atoms with van der Waals surface area (Å²) in [5.41, 5.74) is 2.10. The maximum Gasteiger partial charge on any atom is 0.234 e. The van der Waals surface area contributed by atoms with E-state index < -0.39 is 0 Å². The Bertz CT molecular complexity index is 792. The number of anilines is 2. The molecule has 1 aromatic carbocycles. The van der Waals surface area contributed by atoms with E-state index in [0.29, 0.717) is 11.7 Å². The third-order valence-corrected chi connectivity index (χ3v) is 6.43. The van der Waals surface area contributed by atoms with Gasteiger partial charge >= 0.3 is 0 Å². The third kappa shape index (κ3) is 4.69. The molecule has 1 N–H and O–H groups in total. The van der Waals surface area contributed by atoms with Crippen LogP contribution in [0.15, 0.2) is 29.4 Å². The first-order valence-corrected chi connectivity index (χ1v) is 11.4. The molecular weight excluding hydrogens is 370 g/mol. The molecule has 0 atom stereocenters. The molecule has 0 spiro atoms. The van der Waals surface area contributed by atoms with Crippen molar-refractivity contribution in [3.8, 4) is 0 Å². The van der Waals surface area contributed by atoms with Crippen molar-refractivity contribution < 1.29 is 4.79 Å². The van der Waals surface area contributed by atoms with E-state index in [4.69, 9.17) is 0 Å². The van der Waals surface area contributed by atoms with Crippen LogP contribution in [-0.4, -0.2) is 39.5 Å². The Morgan fingerprint density at radius 1 is 1.11 bits per heavy atom. The van der Waals surface area contributed by atoms with E-state index in [9.17, 15) is 4.79 Å². The highest BCUT2D eigenvalue weighted by Gasteiger charge is 2.30. The molecule has 0 radical (unpaired) electrons. The Balaban J connectivity index is 1.30. The molecule has 2 heterocycles. The zero-order valence-electron chi connectivity index (χ0n) is 16.6. The lowest BCUT2D eigenvalue weighted by atomic mass is 10.2. The van der Waals surface area contributed by atoms with Gasteiger partial charge in [0.2, 0.25) is 5.91 Å². The molecule has 1 aliphatic carbocycles.